The number of aromatic amines is 2. The Hall–Kier alpha value is -2.79. The molecule has 0 saturated carbocycles. The van der Waals surface area contributed by atoms with Crippen LogP contribution in [0.5, 0.6) is 5.75 Å². The highest BCUT2D eigenvalue weighted by Gasteiger charge is 2.27. The second kappa shape index (κ2) is 5.11. The average Bonchev–Trinajstić information content (AvgIpc) is 3.22. The molecular weight excluding hydrogens is 300 g/mol. The molecule has 0 spiro atoms. The van der Waals surface area contributed by atoms with Crippen molar-refractivity contribution in [3.63, 3.8) is 0 Å². The Labute approximate surface area is 139 Å². The largest absolute Gasteiger partial charge is 0.497 e. The van der Waals surface area contributed by atoms with Crippen molar-refractivity contribution in [3.05, 3.63) is 59.5 Å². The smallest absolute Gasteiger partial charge is 0.130 e. The lowest BCUT2D eigenvalue weighted by molar-refractivity contribution is 0.415. The molecule has 1 aliphatic rings. The molecule has 5 heteroatoms. The summed E-state index contributed by atoms with van der Waals surface area (Å²) < 4.78 is 5.39. The number of rotatable bonds is 2. The summed E-state index contributed by atoms with van der Waals surface area (Å²) in [5, 5.41) is 4.83. The number of ether oxygens (including phenoxy) is 1. The van der Waals surface area contributed by atoms with Crippen molar-refractivity contribution in [2.75, 3.05) is 13.7 Å². The summed E-state index contributed by atoms with van der Waals surface area (Å²) in [4.78, 5) is 11.8. The zero-order chi connectivity index (χ0) is 16.1. The van der Waals surface area contributed by atoms with Gasteiger partial charge in [-0.15, -0.1) is 0 Å². The van der Waals surface area contributed by atoms with E-state index in [2.05, 4.69) is 33.5 Å². The van der Waals surface area contributed by atoms with E-state index in [1.807, 2.05) is 24.3 Å². The Morgan fingerprint density at radius 3 is 2.88 bits per heavy atom. The first-order chi connectivity index (χ1) is 11.8. The molecule has 2 aromatic carbocycles. The van der Waals surface area contributed by atoms with E-state index in [0.717, 1.165) is 41.1 Å². The third-order valence-electron chi connectivity index (χ3n) is 4.84. The van der Waals surface area contributed by atoms with E-state index in [0.29, 0.717) is 0 Å². The van der Waals surface area contributed by atoms with Crippen molar-refractivity contribution in [2.24, 2.45) is 0 Å². The minimum absolute atomic E-state index is 0.0551. The zero-order valence-corrected chi connectivity index (χ0v) is 13.4. The number of aromatic nitrogens is 3. The maximum Gasteiger partial charge on any atom is 0.130 e. The molecule has 2 aromatic heterocycles. The average molecular weight is 318 g/mol. The second-order valence-corrected chi connectivity index (χ2v) is 6.21. The van der Waals surface area contributed by atoms with E-state index in [1.165, 1.54) is 16.6 Å². The third kappa shape index (κ3) is 1.95. The molecule has 5 rings (SSSR count). The van der Waals surface area contributed by atoms with Crippen molar-refractivity contribution >= 4 is 21.9 Å². The number of benzene rings is 2. The van der Waals surface area contributed by atoms with Crippen LogP contribution in [0.1, 0.15) is 23.1 Å². The zero-order valence-electron chi connectivity index (χ0n) is 13.4. The van der Waals surface area contributed by atoms with E-state index in [9.17, 15) is 0 Å². The SMILES string of the molecule is COc1ccc2[nH]c3c(c2c1)CCNC3c1nc2ccccc2[nH]1. The van der Waals surface area contributed by atoms with Gasteiger partial charge in [-0.25, -0.2) is 4.98 Å². The standard InChI is InChI=1S/C19H18N4O/c1-24-11-6-7-14-13(10-11)12-8-9-20-18(17(12)21-14)19-22-15-4-2-3-5-16(15)23-19/h2-7,10,18,20-21H,8-9H2,1H3,(H,22,23). The van der Waals surface area contributed by atoms with Crippen LogP contribution in [0.4, 0.5) is 0 Å². The fourth-order valence-electron chi connectivity index (χ4n) is 3.68. The van der Waals surface area contributed by atoms with Crippen LogP contribution in [0.3, 0.4) is 0 Å². The first-order valence-electron chi connectivity index (χ1n) is 8.20. The first-order valence-corrected chi connectivity index (χ1v) is 8.20. The predicted octanol–water partition coefficient (Wildman–Crippen LogP) is 3.29. The Morgan fingerprint density at radius 2 is 2.00 bits per heavy atom. The molecule has 120 valence electrons. The molecule has 0 fully saturated rings. The maximum absolute atomic E-state index is 5.39. The summed E-state index contributed by atoms with van der Waals surface area (Å²) in [6.45, 7) is 0.929. The minimum atomic E-state index is 0.0551. The van der Waals surface area contributed by atoms with Gasteiger partial charge >= 0.3 is 0 Å². The first kappa shape index (κ1) is 13.6. The van der Waals surface area contributed by atoms with Crippen molar-refractivity contribution in [3.8, 4) is 5.75 Å². The van der Waals surface area contributed by atoms with Gasteiger partial charge in [0.15, 0.2) is 0 Å². The van der Waals surface area contributed by atoms with E-state index >= 15 is 0 Å². The lowest BCUT2D eigenvalue weighted by Gasteiger charge is -2.22. The van der Waals surface area contributed by atoms with Crippen LogP contribution in [0.2, 0.25) is 0 Å². The molecule has 3 N–H and O–H groups in total. The molecule has 0 amide bonds. The molecule has 1 unspecified atom stereocenters. The lowest BCUT2D eigenvalue weighted by atomic mass is 9.99. The molecule has 1 aliphatic heterocycles. The molecule has 3 heterocycles. The summed E-state index contributed by atoms with van der Waals surface area (Å²) in [5.41, 5.74) is 5.76. The van der Waals surface area contributed by atoms with Crippen LogP contribution in [0, 0.1) is 0 Å². The highest BCUT2D eigenvalue weighted by molar-refractivity contribution is 5.87. The number of nitrogens with one attached hydrogen (secondary N) is 3. The van der Waals surface area contributed by atoms with Crippen LogP contribution in [0.25, 0.3) is 21.9 Å². The molecule has 24 heavy (non-hydrogen) atoms. The van der Waals surface area contributed by atoms with Gasteiger partial charge in [0.05, 0.1) is 18.1 Å². The molecule has 0 radical (unpaired) electrons. The molecule has 0 saturated heterocycles. The second-order valence-electron chi connectivity index (χ2n) is 6.21. The van der Waals surface area contributed by atoms with Crippen molar-refractivity contribution < 1.29 is 4.74 Å². The fourth-order valence-corrected chi connectivity index (χ4v) is 3.68. The summed E-state index contributed by atoms with van der Waals surface area (Å²) >= 11 is 0. The van der Waals surface area contributed by atoms with Gasteiger partial charge in [-0.1, -0.05) is 12.1 Å². The number of hydrogen-bond acceptors (Lipinski definition) is 3. The number of methoxy groups -OCH3 is 1. The van der Waals surface area contributed by atoms with E-state index in [1.54, 1.807) is 7.11 Å². The Morgan fingerprint density at radius 1 is 1.08 bits per heavy atom. The molecule has 0 bridgehead atoms. The summed E-state index contributed by atoms with van der Waals surface area (Å²) in [6.07, 6.45) is 0.999. The number of hydrogen-bond donors (Lipinski definition) is 3. The topological polar surface area (TPSA) is 65.7 Å². The van der Waals surface area contributed by atoms with Crippen LogP contribution < -0.4 is 10.1 Å². The summed E-state index contributed by atoms with van der Waals surface area (Å²) in [7, 11) is 1.71. The van der Waals surface area contributed by atoms with Gasteiger partial charge in [-0.05, 0) is 42.3 Å². The molecule has 0 aliphatic carbocycles. The minimum Gasteiger partial charge on any atom is -0.497 e. The Bertz CT molecular complexity index is 1010. The monoisotopic (exact) mass is 318 g/mol. The molecular formula is C19H18N4O. The summed E-state index contributed by atoms with van der Waals surface area (Å²) in [5.74, 6) is 1.85. The normalized spacial score (nSPS) is 17.3. The Balaban J connectivity index is 1.68. The number of nitrogens with zero attached hydrogens (tertiary/aromatic N) is 1. The van der Waals surface area contributed by atoms with Gasteiger partial charge in [0, 0.05) is 23.1 Å². The van der Waals surface area contributed by atoms with Crippen molar-refractivity contribution in [1.29, 1.82) is 0 Å². The Kier molecular flexibility index (Phi) is 2.90. The molecule has 4 aromatic rings. The third-order valence-corrected chi connectivity index (χ3v) is 4.84. The van der Waals surface area contributed by atoms with Gasteiger partial charge in [-0.3, -0.25) is 0 Å². The van der Waals surface area contributed by atoms with Crippen LogP contribution in [-0.4, -0.2) is 28.6 Å². The highest BCUT2D eigenvalue weighted by Crippen LogP contribution is 2.34. The predicted molar refractivity (Wildman–Crippen MR) is 94.5 cm³/mol. The van der Waals surface area contributed by atoms with Gasteiger partial charge in [0.1, 0.15) is 17.6 Å². The van der Waals surface area contributed by atoms with E-state index in [-0.39, 0.29) is 6.04 Å². The molecule has 1 atom stereocenters. The van der Waals surface area contributed by atoms with Gasteiger partial charge in [0.2, 0.25) is 0 Å². The number of imidazole rings is 1. The quantitative estimate of drug-likeness (QED) is 0.531. The fraction of sp³-hybridized carbons (Fsp3) is 0.211. The van der Waals surface area contributed by atoms with Gasteiger partial charge in [0.25, 0.3) is 0 Å². The number of H-pyrrole nitrogens is 2. The number of fused-ring (bicyclic) bond motifs is 4. The summed E-state index contributed by atoms with van der Waals surface area (Å²) in [6, 6.07) is 14.4. The van der Waals surface area contributed by atoms with Crippen LogP contribution >= 0.6 is 0 Å². The van der Waals surface area contributed by atoms with Crippen LogP contribution in [-0.2, 0) is 6.42 Å². The van der Waals surface area contributed by atoms with Crippen molar-refractivity contribution in [2.45, 2.75) is 12.5 Å². The van der Waals surface area contributed by atoms with E-state index < -0.39 is 0 Å². The number of para-hydroxylation sites is 2. The highest BCUT2D eigenvalue weighted by atomic mass is 16.5. The lowest BCUT2D eigenvalue weighted by Crippen LogP contribution is -2.31. The van der Waals surface area contributed by atoms with E-state index in [4.69, 9.17) is 9.72 Å². The molecule has 5 nitrogen and oxygen atoms in total. The van der Waals surface area contributed by atoms with Gasteiger partial charge in [-0.2, -0.15) is 0 Å². The van der Waals surface area contributed by atoms with Gasteiger partial charge < -0.3 is 20.0 Å². The van der Waals surface area contributed by atoms with Crippen LogP contribution in [0.15, 0.2) is 42.5 Å². The maximum atomic E-state index is 5.39. The van der Waals surface area contributed by atoms with Crippen molar-refractivity contribution in [1.82, 2.24) is 20.3 Å².